The SMILES string of the molecule is Cc1cccc(NC(=O)CN(C)C(=O)c2ccoc2)c1C. The molecule has 0 fully saturated rings. The number of nitrogens with one attached hydrogen (secondary N) is 1. The monoisotopic (exact) mass is 286 g/mol. The maximum Gasteiger partial charge on any atom is 0.257 e. The molecule has 0 saturated carbocycles. The third-order valence-electron chi connectivity index (χ3n) is 3.37. The predicted molar refractivity (Wildman–Crippen MR) is 80.2 cm³/mol. The lowest BCUT2D eigenvalue weighted by atomic mass is 10.1. The minimum Gasteiger partial charge on any atom is -0.472 e. The Balaban J connectivity index is 1.98. The first-order valence-corrected chi connectivity index (χ1v) is 6.62. The second kappa shape index (κ2) is 6.26. The Morgan fingerprint density at radius 2 is 2.00 bits per heavy atom. The molecule has 0 aliphatic carbocycles. The molecule has 1 heterocycles. The molecule has 1 aromatic carbocycles. The molecule has 0 atom stereocenters. The number of aryl methyl sites for hydroxylation is 1. The summed E-state index contributed by atoms with van der Waals surface area (Å²) in [5, 5.41) is 2.83. The van der Waals surface area contributed by atoms with Gasteiger partial charge in [0.25, 0.3) is 5.91 Å². The summed E-state index contributed by atoms with van der Waals surface area (Å²) in [5.74, 6) is -0.483. The summed E-state index contributed by atoms with van der Waals surface area (Å²) in [6, 6.07) is 7.29. The fourth-order valence-corrected chi connectivity index (χ4v) is 1.97. The van der Waals surface area contributed by atoms with Crippen molar-refractivity contribution in [1.29, 1.82) is 0 Å². The van der Waals surface area contributed by atoms with Gasteiger partial charge in [0, 0.05) is 12.7 Å². The van der Waals surface area contributed by atoms with Crippen molar-refractivity contribution in [3.8, 4) is 0 Å². The smallest absolute Gasteiger partial charge is 0.257 e. The van der Waals surface area contributed by atoms with E-state index in [-0.39, 0.29) is 18.4 Å². The van der Waals surface area contributed by atoms with Crippen LogP contribution in [0.3, 0.4) is 0 Å². The molecular weight excluding hydrogens is 268 g/mol. The zero-order valence-corrected chi connectivity index (χ0v) is 12.3. The fraction of sp³-hybridized carbons (Fsp3) is 0.250. The number of likely N-dealkylation sites (N-methyl/N-ethyl adjacent to an activating group) is 1. The number of rotatable bonds is 4. The van der Waals surface area contributed by atoms with Crippen LogP contribution in [0.25, 0.3) is 0 Å². The highest BCUT2D eigenvalue weighted by molar-refractivity contribution is 5.99. The summed E-state index contributed by atoms with van der Waals surface area (Å²) in [7, 11) is 1.58. The molecule has 0 unspecified atom stereocenters. The van der Waals surface area contributed by atoms with Crippen LogP contribution >= 0.6 is 0 Å². The summed E-state index contributed by atoms with van der Waals surface area (Å²) >= 11 is 0. The van der Waals surface area contributed by atoms with Gasteiger partial charge in [0.2, 0.25) is 5.91 Å². The van der Waals surface area contributed by atoms with Gasteiger partial charge in [-0.1, -0.05) is 12.1 Å². The van der Waals surface area contributed by atoms with Gasteiger partial charge < -0.3 is 14.6 Å². The molecule has 2 aromatic rings. The Morgan fingerprint density at radius 3 is 2.67 bits per heavy atom. The van der Waals surface area contributed by atoms with E-state index in [4.69, 9.17) is 4.42 Å². The van der Waals surface area contributed by atoms with E-state index in [1.54, 1.807) is 13.1 Å². The highest BCUT2D eigenvalue weighted by atomic mass is 16.3. The Hall–Kier alpha value is -2.56. The Bertz CT molecular complexity index is 648. The van der Waals surface area contributed by atoms with E-state index in [1.807, 2.05) is 32.0 Å². The number of benzene rings is 1. The number of nitrogens with zero attached hydrogens (tertiary/aromatic N) is 1. The number of anilines is 1. The van der Waals surface area contributed by atoms with E-state index in [0.29, 0.717) is 5.56 Å². The maximum absolute atomic E-state index is 12.0. The van der Waals surface area contributed by atoms with Crippen LogP contribution in [-0.4, -0.2) is 30.3 Å². The molecule has 1 N–H and O–H groups in total. The van der Waals surface area contributed by atoms with Gasteiger partial charge in [0.05, 0.1) is 18.4 Å². The van der Waals surface area contributed by atoms with Crippen molar-refractivity contribution >= 4 is 17.5 Å². The highest BCUT2D eigenvalue weighted by Crippen LogP contribution is 2.17. The second-order valence-electron chi connectivity index (χ2n) is 4.97. The van der Waals surface area contributed by atoms with Crippen molar-refractivity contribution in [2.24, 2.45) is 0 Å². The van der Waals surface area contributed by atoms with Crippen LogP contribution in [-0.2, 0) is 4.79 Å². The summed E-state index contributed by atoms with van der Waals surface area (Å²) in [5.41, 5.74) is 3.33. The molecule has 0 saturated heterocycles. The molecule has 0 aliphatic rings. The summed E-state index contributed by atoms with van der Waals surface area (Å²) < 4.78 is 4.87. The van der Waals surface area contributed by atoms with Gasteiger partial charge in [-0.25, -0.2) is 0 Å². The lowest BCUT2D eigenvalue weighted by molar-refractivity contribution is -0.116. The lowest BCUT2D eigenvalue weighted by Crippen LogP contribution is -2.34. The quantitative estimate of drug-likeness (QED) is 0.939. The number of hydrogen-bond acceptors (Lipinski definition) is 3. The summed E-state index contributed by atoms with van der Waals surface area (Å²) in [4.78, 5) is 25.4. The number of carbonyl (C=O) groups is 2. The lowest BCUT2D eigenvalue weighted by Gasteiger charge is -2.17. The molecule has 5 heteroatoms. The molecule has 2 amide bonds. The van der Waals surface area contributed by atoms with Gasteiger partial charge in [0.1, 0.15) is 6.26 Å². The Kier molecular flexibility index (Phi) is 4.42. The molecule has 1 aromatic heterocycles. The van der Waals surface area contributed by atoms with Crippen LogP contribution in [0, 0.1) is 13.8 Å². The first-order valence-electron chi connectivity index (χ1n) is 6.62. The van der Waals surface area contributed by atoms with Crippen LogP contribution in [0.2, 0.25) is 0 Å². The van der Waals surface area contributed by atoms with Gasteiger partial charge in [-0.05, 0) is 37.1 Å². The van der Waals surface area contributed by atoms with Crippen LogP contribution in [0.15, 0.2) is 41.2 Å². The average molecular weight is 286 g/mol. The molecule has 2 rings (SSSR count). The topological polar surface area (TPSA) is 62.6 Å². The van der Waals surface area contributed by atoms with E-state index in [9.17, 15) is 9.59 Å². The van der Waals surface area contributed by atoms with E-state index in [0.717, 1.165) is 16.8 Å². The Labute approximate surface area is 123 Å². The molecule has 0 spiro atoms. The number of carbonyl (C=O) groups excluding carboxylic acids is 2. The van der Waals surface area contributed by atoms with Crippen molar-refractivity contribution in [2.45, 2.75) is 13.8 Å². The molecular formula is C16H18N2O3. The fourth-order valence-electron chi connectivity index (χ4n) is 1.97. The molecule has 0 bridgehead atoms. The third-order valence-corrected chi connectivity index (χ3v) is 3.37. The Morgan fingerprint density at radius 1 is 1.24 bits per heavy atom. The van der Waals surface area contributed by atoms with E-state index in [1.165, 1.54) is 17.4 Å². The van der Waals surface area contributed by atoms with Gasteiger partial charge in [0.15, 0.2) is 0 Å². The summed E-state index contributed by atoms with van der Waals surface area (Å²) in [6.45, 7) is 3.92. The molecule has 21 heavy (non-hydrogen) atoms. The van der Waals surface area contributed by atoms with E-state index in [2.05, 4.69) is 5.32 Å². The molecule has 0 aliphatic heterocycles. The zero-order valence-electron chi connectivity index (χ0n) is 12.3. The van der Waals surface area contributed by atoms with E-state index < -0.39 is 0 Å². The third kappa shape index (κ3) is 3.51. The number of hydrogen-bond donors (Lipinski definition) is 1. The first kappa shape index (κ1) is 14.8. The van der Waals surface area contributed by atoms with Crippen molar-refractivity contribution in [3.05, 3.63) is 53.5 Å². The number of furan rings is 1. The van der Waals surface area contributed by atoms with Gasteiger partial charge in [-0.3, -0.25) is 9.59 Å². The standard InChI is InChI=1S/C16H18N2O3/c1-11-5-4-6-14(12(11)2)17-15(19)9-18(3)16(20)13-7-8-21-10-13/h4-8,10H,9H2,1-3H3,(H,17,19). The van der Waals surface area contributed by atoms with E-state index >= 15 is 0 Å². The van der Waals surface area contributed by atoms with Gasteiger partial charge in [-0.15, -0.1) is 0 Å². The highest BCUT2D eigenvalue weighted by Gasteiger charge is 2.16. The van der Waals surface area contributed by atoms with Crippen LogP contribution < -0.4 is 5.32 Å². The minimum absolute atomic E-state index is 0.0165. The molecule has 110 valence electrons. The maximum atomic E-state index is 12.0. The van der Waals surface area contributed by atoms with Gasteiger partial charge in [-0.2, -0.15) is 0 Å². The zero-order chi connectivity index (χ0) is 15.4. The predicted octanol–water partition coefficient (Wildman–Crippen LogP) is 2.61. The summed E-state index contributed by atoms with van der Waals surface area (Å²) in [6.07, 6.45) is 2.79. The minimum atomic E-state index is -0.250. The van der Waals surface area contributed by atoms with Crippen molar-refractivity contribution in [2.75, 3.05) is 18.9 Å². The van der Waals surface area contributed by atoms with Crippen molar-refractivity contribution in [1.82, 2.24) is 4.90 Å². The largest absolute Gasteiger partial charge is 0.472 e. The van der Waals surface area contributed by atoms with Crippen LogP contribution in [0.1, 0.15) is 21.5 Å². The van der Waals surface area contributed by atoms with Crippen molar-refractivity contribution in [3.63, 3.8) is 0 Å². The van der Waals surface area contributed by atoms with Gasteiger partial charge >= 0.3 is 0 Å². The molecule has 0 radical (unpaired) electrons. The first-order chi connectivity index (χ1) is 9.99. The van der Waals surface area contributed by atoms with Crippen molar-refractivity contribution < 1.29 is 14.0 Å². The normalized spacial score (nSPS) is 10.2. The van der Waals surface area contributed by atoms with Crippen LogP contribution in [0.5, 0.6) is 0 Å². The average Bonchev–Trinajstić information content (AvgIpc) is 2.97. The van der Waals surface area contributed by atoms with Crippen LogP contribution in [0.4, 0.5) is 5.69 Å². The number of amides is 2. The molecule has 5 nitrogen and oxygen atoms in total. The second-order valence-corrected chi connectivity index (χ2v) is 4.97.